The number of hydrogen-bond donors (Lipinski definition) is 2. The zero-order valence-electron chi connectivity index (χ0n) is 18.5. The molecule has 1 saturated carbocycles. The van der Waals surface area contributed by atoms with Crippen molar-refractivity contribution in [2.24, 2.45) is 29.4 Å². The van der Waals surface area contributed by atoms with Gasteiger partial charge in [-0.15, -0.1) is 0 Å². The Kier molecular flexibility index (Phi) is 6.81. The van der Waals surface area contributed by atoms with Crippen molar-refractivity contribution >= 4 is 22.8 Å². The summed E-state index contributed by atoms with van der Waals surface area (Å²) in [6.45, 7) is 9.42. The number of aromatic nitrogens is 2. The van der Waals surface area contributed by atoms with Gasteiger partial charge < -0.3 is 11.1 Å². The normalized spacial score (nSPS) is 21.9. The van der Waals surface area contributed by atoms with Gasteiger partial charge in [-0.3, -0.25) is 14.2 Å². The Labute approximate surface area is 177 Å². The summed E-state index contributed by atoms with van der Waals surface area (Å²) in [5.74, 6) is 0.604. The summed E-state index contributed by atoms with van der Waals surface area (Å²) in [5, 5.41) is 2.77. The Bertz CT molecular complexity index is 988. The zero-order chi connectivity index (χ0) is 22.0. The van der Waals surface area contributed by atoms with Crippen LogP contribution in [-0.2, 0) is 6.54 Å². The molecule has 3 rings (SSSR count). The first kappa shape index (κ1) is 22.3. The summed E-state index contributed by atoms with van der Waals surface area (Å²) in [6, 6.07) is 5.07. The molecular formula is C23H34N4O3. The van der Waals surface area contributed by atoms with E-state index in [4.69, 9.17) is 5.73 Å². The maximum Gasteiger partial charge on any atom is 0.336 e. The SMILES string of the molecule is CCNC(=O)c1ccc2c(c1)n(CCN)c(=O)n2C(=O)C1CC(C)CCC1C(C)C. The van der Waals surface area contributed by atoms with Crippen molar-refractivity contribution in [3.63, 3.8) is 0 Å². The number of nitrogens with zero attached hydrogens (tertiary/aromatic N) is 2. The van der Waals surface area contributed by atoms with E-state index in [0.717, 1.165) is 19.3 Å². The predicted molar refractivity (Wildman–Crippen MR) is 119 cm³/mol. The van der Waals surface area contributed by atoms with Crippen molar-refractivity contribution in [2.45, 2.75) is 53.5 Å². The number of nitrogens with one attached hydrogen (secondary N) is 1. The fourth-order valence-corrected chi connectivity index (χ4v) is 4.87. The Morgan fingerprint density at radius 3 is 2.60 bits per heavy atom. The highest BCUT2D eigenvalue weighted by atomic mass is 16.2. The standard InChI is InChI=1S/C23H34N4O3/c1-5-25-21(28)16-7-9-19-20(13-16)26(11-10-24)23(30)27(19)22(29)18-12-15(4)6-8-17(18)14(2)3/h7,9,13-15,17-18H,5-6,8,10-12,24H2,1-4H3,(H,25,28). The van der Waals surface area contributed by atoms with Crippen LogP contribution in [0.25, 0.3) is 11.0 Å². The lowest BCUT2D eigenvalue weighted by molar-refractivity contribution is 0.0633. The molecule has 3 unspecified atom stereocenters. The van der Waals surface area contributed by atoms with Gasteiger partial charge in [-0.1, -0.05) is 27.2 Å². The van der Waals surface area contributed by atoms with E-state index in [1.807, 2.05) is 6.92 Å². The molecule has 1 aliphatic rings. The molecule has 0 bridgehead atoms. The van der Waals surface area contributed by atoms with Gasteiger partial charge in [0.05, 0.1) is 11.0 Å². The van der Waals surface area contributed by atoms with Gasteiger partial charge in [0.2, 0.25) is 5.91 Å². The highest BCUT2D eigenvalue weighted by Gasteiger charge is 2.37. The van der Waals surface area contributed by atoms with E-state index < -0.39 is 0 Å². The lowest BCUT2D eigenvalue weighted by atomic mass is 9.69. The maximum atomic E-state index is 13.7. The molecule has 30 heavy (non-hydrogen) atoms. The monoisotopic (exact) mass is 414 g/mol. The summed E-state index contributed by atoms with van der Waals surface area (Å²) >= 11 is 0. The number of carbonyl (C=O) groups excluding carboxylic acids is 2. The highest BCUT2D eigenvalue weighted by molar-refractivity contribution is 5.99. The van der Waals surface area contributed by atoms with Crippen molar-refractivity contribution in [1.29, 1.82) is 0 Å². The minimum Gasteiger partial charge on any atom is -0.352 e. The molecule has 164 valence electrons. The van der Waals surface area contributed by atoms with Crippen molar-refractivity contribution in [1.82, 2.24) is 14.5 Å². The number of rotatable bonds is 6. The molecule has 0 aliphatic heterocycles. The highest BCUT2D eigenvalue weighted by Crippen LogP contribution is 2.39. The molecule has 7 nitrogen and oxygen atoms in total. The predicted octanol–water partition coefficient (Wildman–Crippen LogP) is 2.86. The van der Waals surface area contributed by atoms with E-state index in [2.05, 4.69) is 26.1 Å². The molecule has 3 N–H and O–H groups in total. The van der Waals surface area contributed by atoms with Crippen LogP contribution in [0.2, 0.25) is 0 Å². The second kappa shape index (κ2) is 9.16. The van der Waals surface area contributed by atoms with Gasteiger partial charge in [-0.2, -0.15) is 0 Å². The average Bonchev–Trinajstić information content (AvgIpc) is 2.98. The number of nitrogens with two attached hydrogens (primary N) is 1. The molecule has 1 fully saturated rings. The molecule has 0 radical (unpaired) electrons. The topological polar surface area (TPSA) is 99.1 Å². The maximum absolute atomic E-state index is 13.7. The first-order valence-corrected chi connectivity index (χ1v) is 11.1. The average molecular weight is 415 g/mol. The Morgan fingerprint density at radius 2 is 1.97 bits per heavy atom. The second-order valence-corrected chi connectivity index (χ2v) is 8.89. The van der Waals surface area contributed by atoms with Gasteiger partial charge in [0, 0.05) is 31.1 Å². The first-order chi connectivity index (χ1) is 14.3. The molecule has 1 aliphatic carbocycles. The molecule has 1 aromatic carbocycles. The Morgan fingerprint density at radius 1 is 1.23 bits per heavy atom. The number of carbonyl (C=O) groups is 2. The molecule has 2 aromatic rings. The van der Waals surface area contributed by atoms with Gasteiger partial charge in [-0.05, 0) is 55.7 Å². The van der Waals surface area contributed by atoms with Crippen molar-refractivity contribution in [2.75, 3.05) is 13.1 Å². The third-order valence-electron chi connectivity index (χ3n) is 6.44. The smallest absolute Gasteiger partial charge is 0.336 e. The van der Waals surface area contributed by atoms with Crippen LogP contribution >= 0.6 is 0 Å². The van der Waals surface area contributed by atoms with Crippen LogP contribution in [0.5, 0.6) is 0 Å². The summed E-state index contributed by atoms with van der Waals surface area (Å²) in [6.07, 6.45) is 2.92. The minimum atomic E-state index is -0.366. The number of fused-ring (bicyclic) bond motifs is 1. The van der Waals surface area contributed by atoms with Crippen molar-refractivity contribution in [3.8, 4) is 0 Å². The lowest BCUT2D eigenvalue weighted by Crippen LogP contribution is -2.40. The van der Waals surface area contributed by atoms with Crippen LogP contribution in [0.15, 0.2) is 23.0 Å². The van der Waals surface area contributed by atoms with Crippen LogP contribution < -0.4 is 16.7 Å². The fourth-order valence-electron chi connectivity index (χ4n) is 4.87. The molecule has 1 amide bonds. The summed E-state index contributed by atoms with van der Waals surface area (Å²) < 4.78 is 2.84. The van der Waals surface area contributed by atoms with E-state index in [1.165, 1.54) is 9.13 Å². The number of amides is 1. The largest absolute Gasteiger partial charge is 0.352 e. The van der Waals surface area contributed by atoms with E-state index >= 15 is 0 Å². The fraction of sp³-hybridized carbons (Fsp3) is 0.609. The van der Waals surface area contributed by atoms with Gasteiger partial charge >= 0.3 is 5.69 Å². The second-order valence-electron chi connectivity index (χ2n) is 8.89. The van der Waals surface area contributed by atoms with Crippen LogP contribution in [0.4, 0.5) is 0 Å². The van der Waals surface area contributed by atoms with Crippen LogP contribution in [0, 0.1) is 23.7 Å². The van der Waals surface area contributed by atoms with E-state index in [0.29, 0.717) is 41.5 Å². The lowest BCUT2D eigenvalue weighted by Gasteiger charge is -2.36. The summed E-state index contributed by atoms with van der Waals surface area (Å²) in [5.41, 5.74) is 6.96. The van der Waals surface area contributed by atoms with E-state index in [9.17, 15) is 14.4 Å². The molecule has 0 spiro atoms. The van der Waals surface area contributed by atoms with E-state index in [-0.39, 0.29) is 35.9 Å². The minimum absolute atomic E-state index is 0.128. The van der Waals surface area contributed by atoms with Gasteiger partial charge in [-0.25, -0.2) is 9.36 Å². The van der Waals surface area contributed by atoms with Crippen LogP contribution in [0.3, 0.4) is 0 Å². The van der Waals surface area contributed by atoms with Crippen LogP contribution in [0.1, 0.15) is 62.1 Å². The van der Waals surface area contributed by atoms with Gasteiger partial charge in [0.15, 0.2) is 0 Å². The molecule has 7 heteroatoms. The third-order valence-corrected chi connectivity index (χ3v) is 6.44. The number of imidazole rings is 1. The molecule has 1 heterocycles. The quantitative estimate of drug-likeness (QED) is 0.759. The number of benzene rings is 1. The number of hydrogen-bond acceptors (Lipinski definition) is 4. The molecule has 0 saturated heterocycles. The third kappa shape index (κ3) is 4.08. The Balaban J connectivity index is 2.13. The summed E-state index contributed by atoms with van der Waals surface area (Å²) in [4.78, 5) is 39.2. The zero-order valence-corrected chi connectivity index (χ0v) is 18.5. The van der Waals surface area contributed by atoms with Crippen LogP contribution in [-0.4, -0.2) is 34.0 Å². The van der Waals surface area contributed by atoms with E-state index in [1.54, 1.807) is 18.2 Å². The Hall–Kier alpha value is -2.41. The first-order valence-electron chi connectivity index (χ1n) is 11.1. The molecule has 3 atom stereocenters. The molecule has 1 aromatic heterocycles. The van der Waals surface area contributed by atoms with Crippen molar-refractivity contribution < 1.29 is 9.59 Å². The van der Waals surface area contributed by atoms with Crippen molar-refractivity contribution in [3.05, 3.63) is 34.2 Å². The van der Waals surface area contributed by atoms with Gasteiger partial charge in [0.1, 0.15) is 0 Å². The van der Waals surface area contributed by atoms with Gasteiger partial charge in [0.25, 0.3) is 5.91 Å². The summed E-state index contributed by atoms with van der Waals surface area (Å²) in [7, 11) is 0. The molecular weight excluding hydrogens is 380 g/mol.